The second kappa shape index (κ2) is 7.98. The molecular weight excluding hydrogens is 417 g/mol. The topological polar surface area (TPSA) is 83.9 Å². The third-order valence-electron chi connectivity index (χ3n) is 4.59. The van der Waals surface area contributed by atoms with Crippen molar-refractivity contribution in [2.45, 2.75) is 32.6 Å². The average Bonchev–Trinajstić information content (AvgIpc) is 3.28. The van der Waals surface area contributed by atoms with Gasteiger partial charge in [0.1, 0.15) is 0 Å². The van der Waals surface area contributed by atoms with E-state index < -0.39 is 24.1 Å². The molecule has 4 rings (SSSR count). The molecule has 0 bridgehead atoms. The zero-order chi connectivity index (χ0) is 23.1. The molecule has 0 atom stereocenters. The fourth-order valence-electron chi connectivity index (χ4n) is 3.12. The summed E-state index contributed by atoms with van der Waals surface area (Å²) in [6, 6.07) is 2.56. The maximum absolute atomic E-state index is 13.0. The molecule has 3 aromatic heterocycles. The lowest BCUT2D eigenvalue weighted by Crippen LogP contribution is -2.33. The number of halogens is 3. The number of nitrogens with one attached hydrogen (secondary N) is 1. The number of thiazole rings is 1. The zero-order valence-corrected chi connectivity index (χ0v) is 16.5. The molecule has 1 N–H and O–H groups in total. The molecule has 0 aromatic carbocycles. The summed E-state index contributed by atoms with van der Waals surface area (Å²) in [6.07, 6.45) is -3.18. The molecule has 1 aliphatic rings. The fraction of sp³-hybridized carbons (Fsp3) is 0.316. The summed E-state index contributed by atoms with van der Waals surface area (Å²) < 4.78 is 55.1. The summed E-state index contributed by atoms with van der Waals surface area (Å²) in [5.74, 6) is -0.319. The van der Waals surface area contributed by atoms with Gasteiger partial charge in [-0.1, -0.05) is 0 Å². The first-order valence-corrected chi connectivity index (χ1v) is 9.84. The summed E-state index contributed by atoms with van der Waals surface area (Å²) in [6.45, 7) is 0.194. The van der Waals surface area contributed by atoms with Crippen LogP contribution in [0.3, 0.4) is 0 Å². The second-order valence-electron chi connectivity index (χ2n) is 6.69. The van der Waals surface area contributed by atoms with Gasteiger partial charge in [-0.15, -0.1) is 21.5 Å². The zero-order valence-electron chi connectivity index (χ0n) is 17.7. The van der Waals surface area contributed by atoms with E-state index in [1.54, 1.807) is 11.8 Å². The molecule has 0 aliphatic carbocycles. The van der Waals surface area contributed by atoms with Crippen molar-refractivity contribution in [1.29, 1.82) is 0 Å². The number of amides is 1. The van der Waals surface area contributed by atoms with Crippen LogP contribution in [0.5, 0.6) is 0 Å². The van der Waals surface area contributed by atoms with Gasteiger partial charge in [0.25, 0.3) is 5.91 Å². The minimum Gasteiger partial charge on any atom is -0.350 e. The Kier molecular flexibility index (Phi) is 4.72. The van der Waals surface area contributed by atoms with E-state index in [1.807, 2.05) is 0 Å². The Morgan fingerprint density at radius 2 is 2.17 bits per heavy atom. The van der Waals surface area contributed by atoms with E-state index in [-0.39, 0.29) is 17.9 Å². The van der Waals surface area contributed by atoms with Gasteiger partial charge in [0.05, 0.1) is 26.0 Å². The van der Waals surface area contributed by atoms with Crippen LogP contribution in [0.2, 0.25) is 0 Å². The van der Waals surface area contributed by atoms with Crippen molar-refractivity contribution in [2.24, 2.45) is 0 Å². The number of rotatable bonds is 4. The summed E-state index contributed by atoms with van der Waals surface area (Å²) in [5, 5.41) is 11.7. The highest BCUT2D eigenvalue weighted by Gasteiger charge is 2.32. The number of hydrogen-bond donors (Lipinski definition) is 1. The van der Waals surface area contributed by atoms with Gasteiger partial charge in [-0.05, 0) is 30.2 Å². The molecule has 11 heteroatoms. The van der Waals surface area contributed by atoms with Crippen LogP contribution in [0.1, 0.15) is 41.3 Å². The molecule has 30 heavy (non-hydrogen) atoms. The first-order chi connectivity index (χ1) is 15.0. The maximum atomic E-state index is 13.0. The Morgan fingerprint density at radius 3 is 2.87 bits per heavy atom. The van der Waals surface area contributed by atoms with Crippen LogP contribution in [0.4, 0.5) is 19.0 Å². The van der Waals surface area contributed by atoms with E-state index >= 15 is 0 Å². The van der Waals surface area contributed by atoms with Crippen molar-refractivity contribution in [3.05, 3.63) is 63.0 Å². The van der Waals surface area contributed by atoms with Gasteiger partial charge >= 0.3 is 6.18 Å². The third kappa shape index (κ3) is 4.25. The SMILES string of the molecule is [2H]C([2H])(NC(=O)c1cc(C)c(N2CCc3ncc(C(F)(F)F)cc3C2)nn1)c1cscn1. The Labute approximate surface area is 176 Å². The molecule has 0 saturated carbocycles. The standard InChI is InChI=1S/C19H17F3N6OS/c1-11-4-16(18(29)24-7-14-9-30-10-25-14)26-27-17(11)28-3-2-15-12(8-28)5-13(6-23-15)19(20,21)22/h4-6,9-10H,2-3,7-8H2,1H3,(H,24,29)/i7D2. The molecule has 1 amide bonds. The second-order valence-corrected chi connectivity index (χ2v) is 7.41. The lowest BCUT2D eigenvalue weighted by Gasteiger charge is -2.30. The van der Waals surface area contributed by atoms with Crippen LogP contribution in [0.25, 0.3) is 0 Å². The monoisotopic (exact) mass is 436 g/mol. The fourth-order valence-corrected chi connectivity index (χ4v) is 3.61. The normalized spacial score (nSPS) is 15.3. The highest BCUT2D eigenvalue weighted by molar-refractivity contribution is 7.07. The van der Waals surface area contributed by atoms with Gasteiger partial charge in [-0.25, -0.2) is 4.98 Å². The number of hydrogen-bond acceptors (Lipinski definition) is 7. The van der Waals surface area contributed by atoms with Crippen LogP contribution in [-0.4, -0.2) is 32.6 Å². The summed E-state index contributed by atoms with van der Waals surface area (Å²) >= 11 is 1.20. The van der Waals surface area contributed by atoms with Crippen molar-refractivity contribution in [1.82, 2.24) is 25.5 Å². The summed E-state index contributed by atoms with van der Waals surface area (Å²) in [5.41, 5.74) is 2.32. The predicted octanol–water partition coefficient (Wildman–Crippen LogP) is 3.15. The van der Waals surface area contributed by atoms with Crippen LogP contribution in [0.15, 0.2) is 29.2 Å². The van der Waals surface area contributed by atoms with Gasteiger partial charge in [0.15, 0.2) is 11.5 Å². The smallest absolute Gasteiger partial charge is 0.350 e. The predicted molar refractivity (Wildman–Crippen MR) is 104 cm³/mol. The van der Waals surface area contributed by atoms with Crippen molar-refractivity contribution in [3.8, 4) is 0 Å². The molecule has 0 radical (unpaired) electrons. The largest absolute Gasteiger partial charge is 0.417 e. The molecule has 4 heterocycles. The number of alkyl halides is 3. The third-order valence-corrected chi connectivity index (χ3v) is 5.18. The molecule has 0 fully saturated rings. The summed E-state index contributed by atoms with van der Waals surface area (Å²) in [4.78, 5) is 22.1. The molecule has 7 nitrogen and oxygen atoms in total. The van der Waals surface area contributed by atoms with Crippen LogP contribution in [0, 0.1) is 6.92 Å². The number of nitrogens with zero attached hydrogens (tertiary/aromatic N) is 5. The Hall–Kier alpha value is -3.08. The Morgan fingerprint density at radius 1 is 1.33 bits per heavy atom. The van der Waals surface area contributed by atoms with E-state index in [0.717, 1.165) is 12.3 Å². The first-order valence-electron chi connectivity index (χ1n) is 9.90. The van der Waals surface area contributed by atoms with Gasteiger partial charge in [-0.3, -0.25) is 9.78 Å². The quantitative estimate of drug-likeness (QED) is 0.677. The molecule has 156 valence electrons. The summed E-state index contributed by atoms with van der Waals surface area (Å²) in [7, 11) is 0. The van der Waals surface area contributed by atoms with Crippen molar-refractivity contribution < 1.29 is 20.7 Å². The molecular formula is C19H17F3N6OS. The van der Waals surface area contributed by atoms with E-state index in [4.69, 9.17) is 2.74 Å². The van der Waals surface area contributed by atoms with Crippen LogP contribution >= 0.6 is 11.3 Å². The number of pyridine rings is 1. The maximum Gasteiger partial charge on any atom is 0.417 e. The Balaban J connectivity index is 1.52. The minimum absolute atomic E-state index is 0.0796. The molecule has 0 unspecified atom stereocenters. The van der Waals surface area contributed by atoms with Crippen LogP contribution in [-0.2, 0) is 25.6 Å². The van der Waals surface area contributed by atoms with E-state index in [9.17, 15) is 18.0 Å². The van der Waals surface area contributed by atoms with Crippen molar-refractivity contribution in [2.75, 3.05) is 11.4 Å². The van der Waals surface area contributed by atoms with Gasteiger partial charge < -0.3 is 10.2 Å². The van der Waals surface area contributed by atoms with E-state index in [2.05, 4.69) is 25.5 Å². The Bertz CT molecular complexity index is 1160. The van der Waals surface area contributed by atoms with Gasteiger partial charge in [-0.2, -0.15) is 13.2 Å². The number of fused-ring (bicyclic) bond motifs is 1. The average molecular weight is 436 g/mol. The lowest BCUT2D eigenvalue weighted by molar-refractivity contribution is -0.137. The van der Waals surface area contributed by atoms with E-state index in [0.29, 0.717) is 35.6 Å². The molecule has 0 saturated heterocycles. The van der Waals surface area contributed by atoms with E-state index in [1.165, 1.54) is 28.3 Å². The minimum atomic E-state index is -4.47. The number of carbonyl (C=O) groups is 1. The van der Waals surface area contributed by atoms with Crippen LogP contribution < -0.4 is 10.2 Å². The highest BCUT2D eigenvalue weighted by atomic mass is 32.1. The number of aromatic nitrogens is 4. The number of anilines is 1. The molecule has 1 aliphatic heterocycles. The van der Waals surface area contributed by atoms with Crippen molar-refractivity contribution in [3.63, 3.8) is 0 Å². The highest BCUT2D eigenvalue weighted by Crippen LogP contribution is 2.32. The lowest BCUT2D eigenvalue weighted by atomic mass is 10.0. The number of carbonyl (C=O) groups excluding carboxylic acids is 1. The number of aryl methyl sites for hydroxylation is 1. The van der Waals surface area contributed by atoms with Crippen molar-refractivity contribution >= 4 is 23.1 Å². The van der Waals surface area contributed by atoms with Gasteiger partial charge in [0, 0.05) is 36.8 Å². The first kappa shape index (κ1) is 17.8. The molecule has 0 spiro atoms. The van der Waals surface area contributed by atoms with Gasteiger partial charge in [0.2, 0.25) is 0 Å². The molecule has 3 aromatic rings.